The molecule has 0 aliphatic rings. The Labute approximate surface area is 122 Å². The molecule has 1 aromatic heterocycles. The Morgan fingerprint density at radius 3 is 2.57 bits per heavy atom. The van der Waals surface area contributed by atoms with Gasteiger partial charge in [0.1, 0.15) is 0 Å². The molecular formula is C13H21F3N4O. The van der Waals surface area contributed by atoms with E-state index in [1.54, 1.807) is 0 Å². The van der Waals surface area contributed by atoms with Crippen molar-refractivity contribution in [2.45, 2.75) is 25.9 Å². The number of aromatic nitrogens is 2. The fourth-order valence-electron chi connectivity index (χ4n) is 1.52. The van der Waals surface area contributed by atoms with Gasteiger partial charge in [-0.15, -0.1) is 0 Å². The van der Waals surface area contributed by atoms with Crippen LogP contribution in [0.5, 0.6) is 5.88 Å². The highest BCUT2D eigenvalue weighted by molar-refractivity contribution is 5.31. The van der Waals surface area contributed by atoms with E-state index >= 15 is 0 Å². The van der Waals surface area contributed by atoms with E-state index in [0.29, 0.717) is 19.6 Å². The summed E-state index contributed by atoms with van der Waals surface area (Å²) in [6.45, 7) is 3.50. The normalized spacial score (nSPS) is 11.8. The largest absolute Gasteiger partial charge is 0.477 e. The average Bonchev–Trinajstić information content (AvgIpc) is 2.40. The number of alkyl halides is 3. The van der Waals surface area contributed by atoms with Crippen molar-refractivity contribution in [3.05, 3.63) is 11.8 Å². The standard InChI is InChI=1S/C13H21F3N4O/c1-4-6-17-12-18-10(13(14,15)16)9-11(19-12)21-8-5-7-20(2)3/h9H,4-8H2,1-3H3,(H,17,18,19). The molecule has 0 amide bonds. The van der Waals surface area contributed by atoms with Crippen molar-refractivity contribution < 1.29 is 17.9 Å². The van der Waals surface area contributed by atoms with Gasteiger partial charge in [-0.05, 0) is 26.9 Å². The summed E-state index contributed by atoms with van der Waals surface area (Å²) in [5, 5.41) is 2.75. The fraction of sp³-hybridized carbons (Fsp3) is 0.692. The molecule has 1 aromatic rings. The molecule has 0 aromatic carbocycles. The smallest absolute Gasteiger partial charge is 0.433 e. The number of nitrogens with one attached hydrogen (secondary N) is 1. The summed E-state index contributed by atoms with van der Waals surface area (Å²) >= 11 is 0. The molecule has 0 saturated carbocycles. The van der Waals surface area contributed by atoms with Crippen LogP contribution >= 0.6 is 0 Å². The third-order valence-corrected chi connectivity index (χ3v) is 2.53. The highest BCUT2D eigenvalue weighted by Gasteiger charge is 2.34. The first-order chi connectivity index (χ1) is 9.82. The van der Waals surface area contributed by atoms with E-state index < -0.39 is 11.9 Å². The van der Waals surface area contributed by atoms with Gasteiger partial charge in [-0.2, -0.15) is 18.2 Å². The predicted octanol–water partition coefficient (Wildman–Crippen LogP) is 2.65. The molecule has 0 bridgehead atoms. The molecule has 21 heavy (non-hydrogen) atoms. The Balaban J connectivity index is 2.76. The van der Waals surface area contributed by atoms with Gasteiger partial charge < -0.3 is 15.0 Å². The molecule has 1 heterocycles. The Morgan fingerprint density at radius 2 is 2.00 bits per heavy atom. The topological polar surface area (TPSA) is 50.3 Å². The minimum Gasteiger partial charge on any atom is -0.477 e. The van der Waals surface area contributed by atoms with Gasteiger partial charge in [0.25, 0.3) is 0 Å². The van der Waals surface area contributed by atoms with Crippen LogP contribution in [0.4, 0.5) is 19.1 Å². The zero-order valence-electron chi connectivity index (χ0n) is 12.5. The number of rotatable bonds is 8. The molecule has 0 saturated heterocycles. The quantitative estimate of drug-likeness (QED) is 0.748. The molecular weight excluding hydrogens is 285 g/mol. The summed E-state index contributed by atoms with van der Waals surface area (Å²) in [5.41, 5.74) is -1.00. The Kier molecular flexibility index (Phi) is 6.67. The number of anilines is 1. The van der Waals surface area contributed by atoms with E-state index in [0.717, 1.165) is 19.0 Å². The second-order valence-electron chi connectivity index (χ2n) is 4.84. The van der Waals surface area contributed by atoms with Crippen LogP contribution in [0.15, 0.2) is 6.07 Å². The van der Waals surface area contributed by atoms with Crippen LogP contribution in [0, 0.1) is 0 Å². The van der Waals surface area contributed by atoms with Crippen LogP contribution in [0.25, 0.3) is 0 Å². The maximum atomic E-state index is 12.8. The molecule has 8 heteroatoms. The van der Waals surface area contributed by atoms with Gasteiger partial charge in [0.15, 0.2) is 5.69 Å². The second kappa shape index (κ2) is 8.02. The van der Waals surface area contributed by atoms with Crippen molar-refractivity contribution in [2.75, 3.05) is 39.1 Å². The summed E-state index contributed by atoms with van der Waals surface area (Å²) < 4.78 is 43.6. The van der Waals surface area contributed by atoms with Gasteiger partial charge in [-0.3, -0.25) is 0 Å². The molecule has 0 spiro atoms. The SMILES string of the molecule is CCCNc1nc(OCCCN(C)C)cc(C(F)(F)F)n1. The highest BCUT2D eigenvalue weighted by Crippen LogP contribution is 2.30. The Bertz CT molecular complexity index is 438. The minimum absolute atomic E-state index is 0.0605. The highest BCUT2D eigenvalue weighted by atomic mass is 19.4. The molecule has 0 unspecified atom stereocenters. The Hall–Kier alpha value is -1.57. The lowest BCUT2D eigenvalue weighted by Gasteiger charge is -2.13. The summed E-state index contributed by atoms with van der Waals surface area (Å²) in [6.07, 6.45) is -3.05. The maximum Gasteiger partial charge on any atom is 0.433 e. The van der Waals surface area contributed by atoms with Crippen LogP contribution in [0.3, 0.4) is 0 Å². The van der Waals surface area contributed by atoms with Crippen LogP contribution in [0.1, 0.15) is 25.5 Å². The van der Waals surface area contributed by atoms with Crippen molar-refractivity contribution in [3.8, 4) is 5.88 Å². The molecule has 0 radical (unpaired) electrons. The van der Waals surface area contributed by atoms with E-state index in [1.165, 1.54) is 0 Å². The zero-order valence-corrected chi connectivity index (χ0v) is 12.5. The second-order valence-corrected chi connectivity index (χ2v) is 4.84. The van der Waals surface area contributed by atoms with Crippen molar-refractivity contribution in [3.63, 3.8) is 0 Å². The van der Waals surface area contributed by atoms with Gasteiger partial charge in [0.05, 0.1) is 6.61 Å². The third kappa shape index (κ3) is 6.61. The maximum absolute atomic E-state index is 12.8. The van der Waals surface area contributed by atoms with E-state index in [4.69, 9.17) is 4.74 Å². The minimum atomic E-state index is -4.52. The van der Waals surface area contributed by atoms with Crippen LogP contribution < -0.4 is 10.1 Å². The molecule has 1 rings (SSSR count). The van der Waals surface area contributed by atoms with Crippen molar-refractivity contribution in [1.29, 1.82) is 0 Å². The van der Waals surface area contributed by atoms with Gasteiger partial charge in [0.2, 0.25) is 11.8 Å². The fourth-order valence-corrected chi connectivity index (χ4v) is 1.52. The molecule has 0 aliphatic carbocycles. The number of nitrogens with zero attached hydrogens (tertiary/aromatic N) is 3. The van der Waals surface area contributed by atoms with E-state index in [1.807, 2.05) is 25.9 Å². The third-order valence-electron chi connectivity index (χ3n) is 2.53. The molecule has 120 valence electrons. The summed E-state index contributed by atoms with van der Waals surface area (Å²) in [6, 6.07) is 0.826. The number of hydrogen-bond acceptors (Lipinski definition) is 5. The predicted molar refractivity (Wildman–Crippen MR) is 74.5 cm³/mol. The first kappa shape index (κ1) is 17.5. The summed E-state index contributed by atoms with van der Waals surface area (Å²) in [7, 11) is 3.83. The lowest BCUT2D eigenvalue weighted by atomic mass is 10.4. The molecule has 0 atom stereocenters. The summed E-state index contributed by atoms with van der Waals surface area (Å²) in [4.78, 5) is 9.38. The van der Waals surface area contributed by atoms with Gasteiger partial charge >= 0.3 is 6.18 Å². The summed E-state index contributed by atoms with van der Waals surface area (Å²) in [5.74, 6) is -0.121. The number of ether oxygens (including phenoxy) is 1. The van der Waals surface area contributed by atoms with E-state index in [2.05, 4.69) is 15.3 Å². The molecule has 5 nitrogen and oxygen atoms in total. The lowest BCUT2D eigenvalue weighted by molar-refractivity contribution is -0.141. The number of halogens is 3. The monoisotopic (exact) mass is 306 g/mol. The van der Waals surface area contributed by atoms with Gasteiger partial charge in [-0.25, -0.2) is 4.98 Å². The first-order valence-corrected chi connectivity index (χ1v) is 6.80. The van der Waals surface area contributed by atoms with Crippen LogP contribution in [-0.2, 0) is 6.18 Å². The lowest BCUT2D eigenvalue weighted by Crippen LogP contribution is -2.17. The zero-order chi connectivity index (χ0) is 15.9. The van der Waals surface area contributed by atoms with Gasteiger partial charge in [0, 0.05) is 19.2 Å². The number of hydrogen-bond donors (Lipinski definition) is 1. The van der Waals surface area contributed by atoms with Crippen molar-refractivity contribution >= 4 is 5.95 Å². The average molecular weight is 306 g/mol. The first-order valence-electron chi connectivity index (χ1n) is 6.80. The van der Waals surface area contributed by atoms with Gasteiger partial charge in [-0.1, -0.05) is 6.92 Å². The van der Waals surface area contributed by atoms with E-state index in [9.17, 15) is 13.2 Å². The van der Waals surface area contributed by atoms with Crippen LogP contribution in [0.2, 0.25) is 0 Å². The van der Waals surface area contributed by atoms with E-state index in [-0.39, 0.29) is 11.8 Å². The van der Waals surface area contributed by atoms with Crippen LogP contribution in [-0.4, -0.2) is 48.7 Å². The molecule has 0 aliphatic heterocycles. The molecule has 1 N–H and O–H groups in total. The van der Waals surface area contributed by atoms with Crippen molar-refractivity contribution in [1.82, 2.24) is 14.9 Å². The Morgan fingerprint density at radius 1 is 1.29 bits per heavy atom. The van der Waals surface area contributed by atoms with Crippen molar-refractivity contribution in [2.24, 2.45) is 0 Å². The molecule has 0 fully saturated rings.